The molecule has 0 amide bonds. The largest absolute Gasteiger partial charge is 0.300 e. The quantitative estimate of drug-likeness (QED) is 0.606. The van der Waals surface area contributed by atoms with E-state index < -0.39 is 0 Å². The fourth-order valence-electron chi connectivity index (χ4n) is 0.980. The minimum Gasteiger partial charge on any atom is -0.300 e. The van der Waals surface area contributed by atoms with Crippen LogP contribution in [-0.4, -0.2) is 5.78 Å². The molecule has 0 heterocycles. The van der Waals surface area contributed by atoms with Crippen LogP contribution in [0.4, 0.5) is 4.39 Å². The van der Waals surface area contributed by atoms with Crippen LogP contribution < -0.4 is 0 Å². The van der Waals surface area contributed by atoms with Gasteiger partial charge in [0.05, 0.1) is 0 Å². The molecule has 0 aliphatic carbocycles. The van der Waals surface area contributed by atoms with Gasteiger partial charge < -0.3 is 0 Å². The molecule has 1 unspecified atom stereocenters. The van der Waals surface area contributed by atoms with Gasteiger partial charge in [-0.2, -0.15) is 0 Å². The normalized spacial score (nSPS) is 13.5. The van der Waals surface area contributed by atoms with Gasteiger partial charge in [-0.1, -0.05) is 25.7 Å². The van der Waals surface area contributed by atoms with Gasteiger partial charge in [0, 0.05) is 5.92 Å². The molecule has 0 aromatic rings. The third kappa shape index (κ3) is 6.00. The van der Waals surface area contributed by atoms with Gasteiger partial charge in [0.2, 0.25) is 0 Å². The molecule has 0 rings (SSSR count). The Balaban J connectivity index is 4.12. The minimum atomic E-state index is -0.338. The van der Waals surface area contributed by atoms with Crippen molar-refractivity contribution in [3.05, 3.63) is 36.2 Å². The Labute approximate surface area is 91.4 Å². The van der Waals surface area contributed by atoms with Crippen LogP contribution in [0.5, 0.6) is 0 Å². The summed E-state index contributed by atoms with van der Waals surface area (Å²) in [6.45, 7) is 12.3. The Morgan fingerprint density at radius 1 is 1.40 bits per heavy atom. The molecule has 0 saturated heterocycles. The lowest BCUT2D eigenvalue weighted by atomic mass is 9.98. The highest BCUT2D eigenvalue weighted by atomic mass is 19.1. The monoisotopic (exact) mass is 210 g/mol. The predicted octanol–water partition coefficient (Wildman–Crippen LogP) is 3.98. The van der Waals surface area contributed by atoms with E-state index in [-0.39, 0.29) is 17.5 Å². The Morgan fingerprint density at radius 3 is 2.33 bits per heavy atom. The number of allylic oxidation sites excluding steroid dienone is 4. The molecule has 0 aromatic heterocycles. The number of ketones is 1. The Morgan fingerprint density at radius 2 is 1.93 bits per heavy atom. The van der Waals surface area contributed by atoms with Crippen LogP contribution in [-0.2, 0) is 4.79 Å². The Bertz CT molecular complexity index is 300. The van der Waals surface area contributed by atoms with Gasteiger partial charge in [-0.05, 0) is 38.3 Å². The van der Waals surface area contributed by atoms with Crippen LogP contribution >= 0.6 is 0 Å². The first-order chi connectivity index (χ1) is 6.84. The SMILES string of the molecule is C=C(/C=C(/F)C(=C)C)CCC(C)C(C)=O. The minimum absolute atomic E-state index is 0.0167. The highest BCUT2D eigenvalue weighted by Gasteiger charge is 2.07. The first kappa shape index (κ1) is 13.8. The summed E-state index contributed by atoms with van der Waals surface area (Å²) in [6, 6.07) is 0. The van der Waals surface area contributed by atoms with Crippen molar-refractivity contribution >= 4 is 5.78 Å². The number of Topliss-reactive ketones (excluding diaryl/α,β-unsaturated/α-hetero) is 1. The molecule has 0 aromatic carbocycles. The van der Waals surface area contributed by atoms with E-state index in [1.165, 1.54) is 6.08 Å². The van der Waals surface area contributed by atoms with Crippen molar-refractivity contribution in [2.24, 2.45) is 5.92 Å². The Hall–Kier alpha value is -1.18. The molecule has 0 saturated carbocycles. The van der Waals surface area contributed by atoms with Gasteiger partial charge in [0.1, 0.15) is 11.6 Å². The van der Waals surface area contributed by atoms with Crippen LogP contribution in [0.25, 0.3) is 0 Å². The standard InChI is InChI=1S/C13H19FO/c1-9(2)13(14)8-10(3)6-7-11(4)12(5)15/h8,11H,1,3,6-7H2,2,4-5H3/b13-8+. The molecule has 1 nitrogen and oxygen atoms in total. The first-order valence-corrected chi connectivity index (χ1v) is 5.06. The van der Waals surface area contributed by atoms with Gasteiger partial charge in [-0.3, -0.25) is 4.79 Å². The van der Waals surface area contributed by atoms with Crippen molar-refractivity contribution in [1.29, 1.82) is 0 Å². The van der Waals surface area contributed by atoms with E-state index in [2.05, 4.69) is 13.2 Å². The smallest absolute Gasteiger partial charge is 0.132 e. The average molecular weight is 210 g/mol. The first-order valence-electron chi connectivity index (χ1n) is 5.06. The molecule has 1 atom stereocenters. The lowest BCUT2D eigenvalue weighted by Gasteiger charge is -2.07. The summed E-state index contributed by atoms with van der Waals surface area (Å²) in [5.74, 6) is -0.161. The van der Waals surface area contributed by atoms with Crippen LogP contribution in [0.2, 0.25) is 0 Å². The van der Waals surface area contributed by atoms with E-state index >= 15 is 0 Å². The van der Waals surface area contributed by atoms with Crippen molar-refractivity contribution < 1.29 is 9.18 Å². The maximum Gasteiger partial charge on any atom is 0.132 e. The van der Waals surface area contributed by atoms with Gasteiger partial charge in [0.15, 0.2) is 0 Å². The van der Waals surface area contributed by atoms with Crippen LogP contribution in [0.1, 0.15) is 33.6 Å². The molecular formula is C13H19FO. The van der Waals surface area contributed by atoms with E-state index in [9.17, 15) is 9.18 Å². The second-order valence-corrected chi connectivity index (χ2v) is 3.98. The zero-order chi connectivity index (χ0) is 12.0. The molecule has 15 heavy (non-hydrogen) atoms. The van der Waals surface area contributed by atoms with Gasteiger partial charge in [-0.25, -0.2) is 4.39 Å². The van der Waals surface area contributed by atoms with E-state index in [0.29, 0.717) is 24.0 Å². The van der Waals surface area contributed by atoms with E-state index in [1.807, 2.05) is 6.92 Å². The molecular weight excluding hydrogens is 191 g/mol. The average Bonchev–Trinajstić information content (AvgIpc) is 2.13. The summed E-state index contributed by atoms with van der Waals surface area (Å²) in [5.41, 5.74) is 1.10. The highest BCUT2D eigenvalue weighted by Crippen LogP contribution is 2.16. The lowest BCUT2D eigenvalue weighted by molar-refractivity contribution is -0.120. The molecule has 0 radical (unpaired) electrons. The third-order valence-corrected chi connectivity index (χ3v) is 2.33. The Kier molecular flexibility index (Phi) is 5.83. The number of carbonyl (C=O) groups excluding carboxylic acids is 1. The number of halogens is 1. The highest BCUT2D eigenvalue weighted by molar-refractivity contribution is 5.77. The van der Waals surface area contributed by atoms with Crippen molar-refractivity contribution in [2.45, 2.75) is 33.6 Å². The number of hydrogen-bond donors (Lipinski definition) is 0. The number of carbonyl (C=O) groups is 1. The van der Waals surface area contributed by atoms with Crippen molar-refractivity contribution in [2.75, 3.05) is 0 Å². The fourth-order valence-corrected chi connectivity index (χ4v) is 0.980. The number of hydrogen-bond acceptors (Lipinski definition) is 1. The topological polar surface area (TPSA) is 17.1 Å². The fraction of sp³-hybridized carbons (Fsp3) is 0.462. The zero-order valence-electron chi connectivity index (χ0n) is 9.77. The maximum atomic E-state index is 13.1. The molecule has 84 valence electrons. The summed E-state index contributed by atoms with van der Waals surface area (Å²) < 4.78 is 13.1. The maximum absolute atomic E-state index is 13.1. The molecule has 0 bridgehead atoms. The summed E-state index contributed by atoms with van der Waals surface area (Å²) >= 11 is 0. The van der Waals surface area contributed by atoms with Gasteiger partial charge in [-0.15, -0.1) is 0 Å². The van der Waals surface area contributed by atoms with Crippen LogP contribution in [0.15, 0.2) is 36.2 Å². The lowest BCUT2D eigenvalue weighted by Crippen LogP contribution is -2.05. The third-order valence-electron chi connectivity index (χ3n) is 2.33. The van der Waals surface area contributed by atoms with Gasteiger partial charge in [0.25, 0.3) is 0 Å². The van der Waals surface area contributed by atoms with Crippen molar-refractivity contribution in [1.82, 2.24) is 0 Å². The summed E-state index contributed by atoms with van der Waals surface area (Å²) in [5, 5.41) is 0. The van der Waals surface area contributed by atoms with E-state index in [4.69, 9.17) is 0 Å². The summed E-state index contributed by atoms with van der Waals surface area (Å²) in [7, 11) is 0. The molecule has 0 aliphatic rings. The zero-order valence-corrected chi connectivity index (χ0v) is 9.77. The van der Waals surface area contributed by atoms with Gasteiger partial charge >= 0.3 is 0 Å². The molecule has 2 heteroatoms. The van der Waals surface area contributed by atoms with Crippen LogP contribution in [0.3, 0.4) is 0 Å². The van der Waals surface area contributed by atoms with E-state index in [1.54, 1.807) is 13.8 Å². The second-order valence-electron chi connectivity index (χ2n) is 3.98. The molecule has 0 N–H and O–H groups in total. The predicted molar refractivity (Wildman–Crippen MR) is 62.2 cm³/mol. The van der Waals surface area contributed by atoms with E-state index in [0.717, 1.165) is 0 Å². The van der Waals surface area contributed by atoms with Crippen molar-refractivity contribution in [3.8, 4) is 0 Å². The van der Waals surface area contributed by atoms with Crippen molar-refractivity contribution in [3.63, 3.8) is 0 Å². The number of rotatable bonds is 6. The molecule has 0 aliphatic heterocycles. The molecule has 0 fully saturated rings. The summed E-state index contributed by atoms with van der Waals surface area (Å²) in [6.07, 6.45) is 2.74. The van der Waals surface area contributed by atoms with Crippen LogP contribution in [0, 0.1) is 5.92 Å². The summed E-state index contributed by atoms with van der Waals surface area (Å²) in [4.78, 5) is 11.0. The second kappa shape index (κ2) is 6.33. The molecule has 0 spiro atoms.